The second-order valence-electron chi connectivity index (χ2n) is 4.49. The Morgan fingerprint density at radius 2 is 1.88 bits per heavy atom. The van der Waals surface area contributed by atoms with Crippen molar-refractivity contribution < 1.29 is 4.52 Å². The Morgan fingerprint density at radius 3 is 2.29 bits per heavy atom. The van der Waals surface area contributed by atoms with E-state index in [-0.39, 0.29) is 0 Å². The first-order valence-corrected chi connectivity index (χ1v) is 7.57. The van der Waals surface area contributed by atoms with E-state index in [1.54, 1.807) is 0 Å². The Morgan fingerprint density at radius 1 is 1.29 bits per heavy atom. The summed E-state index contributed by atoms with van der Waals surface area (Å²) in [7, 11) is -0.788. The summed E-state index contributed by atoms with van der Waals surface area (Å²) in [6.45, 7) is 12.3. The van der Waals surface area contributed by atoms with E-state index < -0.39 is 8.45 Å². The molecule has 0 aromatic carbocycles. The van der Waals surface area contributed by atoms with Crippen LogP contribution in [0.15, 0.2) is 0 Å². The Hall–Kier alpha value is -0.200. The van der Waals surface area contributed by atoms with E-state index >= 15 is 0 Å². The van der Waals surface area contributed by atoms with Crippen LogP contribution in [0.5, 0.6) is 0 Å². The van der Waals surface area contributed by atoms with Crippen molar-refractivity contribution in [3.8, 4) is 6.07 Å². The summed E-state index contributed by atoms with van der Waals surface area (Å²) in [6.07, 6.45) is 1.54. The van der Waals surface area contributed by atoms with Gasteiger partial charge in [0.2, 0.25) is 0 Å². The maximum Gasteiger partial charge on any atom is 0.185 e. The van der Waals surface area contributed by atoms with Crippen LogP contribution in [0.4, 0.5) is 0 Å². The highest BCUT2D eigenvalue weighted by Crippen LogP contribution is 2.40. The van der Waals surface area contributed by atoms with E-state index in [1.165, 1.54) is 0 Å². The zero-order valence-electron chi connectivity index (χ0n) is 11.7. The highest BCUT2D eigenvalue weighted by atomic mass is 31.2. The molecule has 0 saturated carbocycles. The van der Waals surface area contributed by atoms with Gasteiger partial charge in [-0.05, 0) is 34.1 Å². The summed E-state index contributed by atoms with van der Waals surface area (Å²) in [5.41, 5.74) is 0. The fourth-order valence-electron chi connectivity index (χ4n) is 1.59. The summed E-state index contributed by atoms with van der Waals surface area (Å²) in [6, 6.07) is 2.99. The number of hydrogen-bond acceptors (Lipinski definition) is 4. The van der Waals surface area contributed by atoms with Crippen LogP contribution >= 0.6 is 8.45 Å². The molecule has 0 rings (SSSR count). The molecule has 0 aliphatic heterocycles. The van der Waals surface area contributed by atoms with Crippen LogP contribution in [-0.2, 0) is 4.52 Å². The first-order valence-electron chi connectivity index (χ1n) is 6.36. The van der Waals surface area contributed by atoms with Crippen molar-refractivity contribution in [3.63, 3.8) is 0 Å². The molecule has 5 heteroatoms. The average molecular weight is 259 g/mol. The van der Waals surface area contributed by atoms with Gasteiger partial charge in [0.05, 0.1) is 19.1 Å². The summed E-state index contributed by atoms with van der Waals surface area (Å²) in [4.78, 5) is 0. The molecule has 0 aromatic heterocycles. The Kier molecular flexibility index (Phi) is 9.68. The molecule has 0 aromatic rings. The van der Waals surface area contributed by atoms with E-state index in [2.05, 4.69) is 50.4 Å². The van der Waals surface area contributed by atoms with Gasteiger partial charge in [-0.1, -0.05) is 6.92 Å². The molecule has 17 heavy (non-hydrogen) atoms. The molecule has 0 aliphatic carbocycles. The highest BCUT2D eigenvalue weighted by molar-refractivity contribution is 7.47. The highest BCUT2D eigenvalue weighted by Gasteiger charge is 2.24. The van der Waals surface area contributed by atoms with E-state index in [4.69, 9.17) is 9.79 Å². The summed E-state index contributed by atoms with van der Waals surface area (Å²) in [5, 5.41) is 12.0. The van der Waals surface area contributed by atoms with Crippen molar-refractivity contribution in [2.24, 2.45) is 0 Å². The normalized spacial score (nSPS) is 13.4. The number of nitriles is 1. The molecule has 100 valence electrons. The molecule has 4 nitrogen and oxygen atoms in total. The van der Waals surface area contributed by atoms with Crippen molar-refractivity contribution in [2.75, 3.05) is 13.2 Å². The predicted octanol–water partition coefficient (Wildman–Crippen LogP) is 3.26. The van der Waals surface area contributed by atoms with Crippen molar-refractivity contribution in [1.29, 1.82) is 5.26 Å². The van der Waals surface area contributed by atoms with Crippen molar-refractivity contribution in [2.45, 2.75) is 59.5 Å². The van der Waals surface area contributed by atoms with Crippen LogP contribution in [-0.4, -0.2) is 29.9 Å². The molecule has 1 atom stereocenters. The second-order valence-corrected chi connectivity index (χ2v) is 6.07. The van der Waals surface area contributed by atoms with E-state index in [0.717, 1.165) is 13.0 Å². The third-order valence-corrected chi connectivity index (χ3v) is 4.46. The Balaban J connectivity index is 4.44. The molecular formula is C12H26N3OP. The van der Waals surface area contributed by atoms with Crippen molar-refractivity contribution in [1.82, 2.24) is 9.76 Å². The van der Waals surface area contributed by atoms with Crippen molar-refractivity contribution >= 4 is 8.45 Å². The van der Waals surface area contributed by atoms with Gasteiger partial charge in [-0.3, -0.25) is 5.09 Å². The van der Waals surface area contributed by atoms with Crippen molar-refractivity contribution in [3.05, 3.63) is 0 Å². The fraction of sp³-hybridized carbons (Fsp3) is 0.917. The number of nitrogens with zero attached hydrogens (tertiary/aromatic N) is 2. The van der Waals surface area contributed by atoms with Gasteiger partial charge < -0.3 is 4.52 Å². The van der Waals surface area contributed by atoms with Gasteiger partial charge in [0, 0.05) is 18.6 Å². The lowest BCUT2D eigenvalue weighted by Gasteiger charge is -2.36. The summed E-state index contributed by atoms with van der Waals surface area (Å²) < 4.78 is 8.18. The largest absolute Gasteiger partial charge is 0.330 e. The molecule has 1 N–H and O–H groups in total. The minimum absolute atomic E-state index is 0.438. The summed E-state index contributed by atoms with van der Waals surface area (Å²) in [5.74, 6) is 0. The van der Waals surface area contributed by atoms with E-state index in [0.29, 0.717) is 25.1 Å². The molecule has 1 unspecified atom stereocenters. The maximum absolute atomic E-state index is 8.56. The quantitative estimate of drug-likeness (QED) is 0.510. The lowest BCUT2D eigenvalue weighted by Crippen LogP contribution is -2.37. The number of rotatable bonds is 9. The standard InChI is InChI=1S/C12H26N3OP/c1-6-9-14-17(16-10-7-8-13)15(11(2)3)12(4)5/h11-12,14H,6-7,9-10H2,1-5H3. The predicted molar refractivity (Wildman–Crippen MR) is 73.5 cm³/mol. The van der Waals surface area contributed by atoms with Gasteiger partial charge in [-0.15, -0.1) is 0 Å². The zero-order chi connectivity index (χ0) is 13.3. The molecule has 0 bridgehead atoms. The van der Waals surface area contributed by atoms with Crippen LogP contribution in [0, 0.1) is 11.3 Å². The average Bonchev–Trinajstić information content (AvgIpc) is 2.24. The zero-order valence-corrected chi connectivity index (χ0v) is 12.6. The molecule has 0 saturated heterocycles. The maximum atomic E-state index is 8.56. The number of nitrogens with one attached hydrogen (secondary N) is 1. The van der Waals surface area contributed by atoms with Crippen LogP contribution < -0.4 is 5.09 Å². The second kappa shape index (κ2) is 9.79. The van der Waals surface area contributed by atoms with Gasteiger partial charge in [0.25, 0.3) is 0 Å². The number of hydrogen-bond donors (Lipinski definition) is 1. The van der Waals surface area contributed by atoms with Gasteiger partial charge in [-0.2, -0.15) is 5.26 Å². The molecular weight excluding hydrogens is 233 g/mol. The topological polar surface area (TPSA) is 48.3 Å². The minimum atomic E-state index is -0.788. The molecule has 0 spiro atoms. The molecule has 0 radical (unpaired) electrons. The monoisotopic (exact) mass is 259 g/mol. The first-order chi connectivity index (χ1) is 8.04. The molecule has 0 amide bonds. The smallest absolute Gasteiger partial charge is 0.185 e. The van der Waals surface area contributed by atoms with E-state index in [9.17, 15) is 0 Å². The van der Waals surface area contributed by atoms with Crippen LogP contribution in [0.1, 0.15) is 47.5 Å². The fourth-order valence-corrected chi connectivity index (χ4v) is 3.50. The van der Waals surface area contributed by atoms with Gasteiger partial charge in [0.15, 0.2) is 8.45 Å². The van der Waals surface area contributed by atoms with E-state index in [1.807, 2.05) is 0 Å². The van der Waals surface area contributed by atoms with Gasteiger partial charge >= 0.3 is 0 Å². The lowest BCUT2D eigenvalue weighted by atomic mass is 10.3. The molecule has 0 fully saturated rings. The summed E-state index contributed by atoms with van der Waals surface area (Å²) >= 11 is 0. The van der Waals surface area contributed by atoms with Gasteiger partial charge in [0.1, 0.15) is 0 Å². The minimum Gasteiger partial charge on any atom is -0.330 e. The molecule has 0 aliphatic rings. The first kappa shape index (κ1) is 16.8. The third kappa shape index (κ3) is 6.95. The van der Waals surface area contributed by atoms with Crippen LogP contribution in [0.3, 0.4) is 0 Å². The SMILES string of the molecule is CCCNP(OCCC#N)N(C(C)C)C(C)C. The third-order valence-electron chi connectivity index (χ3n) is 2.19. The Labute approximate surface area is 107 Å². The van der Waals surface area contributed by atoms with Crippen LogP contribution in [0.25, 0.3) is 0 Å². The lowest BCUT2D eigenvalue weighted by molar-refractivity contribution is 0.250. The van der Waals surface area contributed by atoms with Gasteiger partial charge in [-0.25, -0.2) is 4.67 Å². The Bertz CT molecular complexity index is 220. The van der Waals surface area contributed by atoms with Crippen LogP contribution in [0.2, 0.25) is 0 Å². The molecule has 0 heterocycles.